The Morgan fingerprint density at radius 3 is 2.26 bits per heavy atom. The lowest BCUT2D eigenvalue weighted by atomic mass is 9.79. The minimum atomic E-state index is 0.475. The van der Waals surface area contributed by atoms with Crippen LogP contribution in [0.15, 0.2) is 0 Å². The van der Waals surface area contributed by atoms with Crippen LogP contribution in [0.4, 0.5) is 0 Å². The van der Waals surface area contributed by atoms with E-state index in [1.54, 1.807) is 7.11 Å². The third kappa shape index (κ3) is 5.80. The van der Waals surface area contributed by atoms with Gasteiger partial charge in [-0.1, -0.05) is 25.7 Å². The molecule has 0 aromatic heterocycles. The Balaban J connectivity index is 2.67. The molecule has 1 rings (SSSR count). The van der Waals surface area contributed by atoms with E-state index in [0.717, 1.165) is 19.7 Å². The van der Waals surface area contributed by atoms with Crippen molar-refractivity contribution in [3.8, 4) is 0 Å². The lowest BCUT2D eigenvalue weighted by Gasteiger charge is -2.40. The highest BCUT2D eigenvalue weighted by Gasteiger charge is 2.32. The molecular weight excluding hydrogens is 236 g/mol. The third-order valence-electron chi connectivity index (χ3n) is 4.57. The van der Waals surface area contributed by atoms with Gasteiger partial charge in [-0.05, 0) is 39.2 Å². The van der Waals surface area contributed by atoms with Crippen molar-refractivity contribution in [1.82, 2.24) is 10.2 Å². The third-order valence-corrected chi connectivity index (χ3v) is 4.57. The van der Waals surface area contributed by atoms with Crippen molar-refractivity contribution in [3.05, 3.63) is 0 Å². The molecule has 0 spiro atoms. The molecule has 0 heterocycles. The summed E-state index contributed by atoms with van der Waals surface area (Å²) in [7, 11) is 3.90. The molecule has 0 bridgehead atoms. The Morgan fingerprint density at radius 1 is 1.16 bits per heavy atom. The van der Waals surface area contributed by atoms with Gasteiger partial charge in [-0.3, -0.25) is 4.90 Å². The smallest absolute Gasteiger partial charge is 0.0589 e. The number of ether oxygens (including phenoxy) is 1. The van der Waals surface area contributed by atoms with E-state index < -0.39 is 0 Å². The number of rotatable bonds is 8. The van der Waals surface area contributed by atoms with Crippen molar-refractivity contribution in [2.24, 2.45) is 5.41 Å². The molecule has 19 heavy (non-hydrogen) atoms. The molecule has 0 radical (unpaired) electrons. The van der Waals surface area contributed by atoms with Gasteiger partial charge in [-0.15, -0.1) is 0 Å². The zero-order valence-electron chi connectivity index (χ0n) is 13.5. The molecule has 114 valence electrons. The van der Waals surface area contributed by atoms with Crippen molar-refractivity contribution in [3.63, 3.8) is 0 Å². The first kappa shape index (κ1) is 16.9. The number of nitrogens with one attached hydrogen (secondary N) is 1. The Labute approximate surface area is 120 Å². The molecule has 0 amide bonds. The molecule has 1 saturated carbocycles. The van der Waals surface area contributed by atoms with E-state index in [4.69, 9.17) is 4.74 Å². The van der Waals surface area contributed by atoms with E-state index in [9.17, 15) is 0 Å². The van der Waals surface area contributed by atoms with E-state index in [-0.39, 0.29) is 0 Å². The molecule has 3 heteroatoms. The standard InChI is InChI=1S/C16H34N2O/c1-15(2)18(11-12-19-4)14-16(13-17-3)9-7-5-6-8-10-16/h15,17H,5-14H2,1-4H3. The Bertz CT molecular complexity index is 223. The summed E-state index contributed by atoms with van der Waals surface area (Å²) < 4.78 is 5.27. The predicted octanol–water partition coefficient (Wildman–Crippen LogP) is 2.90. The van der Waals surface area contributed by atoms with Gasteiger partial charge in [0.25, 0.3) is 0 Å². The highest BCUT2D eigenvalue weighted by Crippen LogP contribution is 2.35. The summed E-state index contributed by atoms with van der Waals surface area (Å²) in [5.41, 5.74) is 0.475. The normalized spacial score (nSPS) is 19.9. The fourth-order valence-corrected chi connectivity index (χ4v) is 3.40. The maximum absolute atomic E-state index is 5.27. The summed E-state index contributed by atoms with van der Waals surface area (Å²) in [6.07, 6.45) is 8.40. The molecule has 3 nitrogen and oxygen atoms in total. The molecular formula is C16H34N2O. The predicted molar refractivity (Wildman–Crippen MR) is 82.6 cm³/mol. The second-order valence-corrected chi connectivity index (χ2v) is 6.50. The number of methoxy groups -OCH3 is 1. The first-order valence-electron chi connectivity index (χ1n) is 8.01. The van der Waals surface area contributed by atoms with Crippen molar-refractivity contribution < 1.29 is 4.74 Å². The molecule has 1 aliphatic carbocycles. The molecule has 0 saturated heterocycles. The molecule has 1 N–H and O–H groups in total. The number of hydrogen-bond acceptors (Lipinski definition) is 3. The Morgan fingerprint density at radius 2 is 1.79 bits per heavy atom. The van der Waals surface area contributed by atoms with E-state index in [2.05, 4.69) is 31.1 Å². The van der Waals surface area contributed by atoms with Crippen molar-refractivity contribution in [2.45, 2.75) is 58.4 Å². The number of hydrogen-bond donors (Lipinski definition) is 1. The Kier molecular flexibility index (Phi) is 7.96. The van der Waals surface area contributed by atoms with Crippen LogP contribution in [0.2, 0.25) is 0 Å². The highest BCUT2D eigenvalue weighted by molar-refractivity contribution is 4.87. The molecule has 0 aromatic rings. The van der Waals surface area contributed by atoms with Gasteiger partial charge in [0.1, 0.15) is 0 Å². The minimum absolute atomic E-state index is 0.475. The average molecular weight is 270 g/mol. The van der Waals surface area contributed by atoms with Gasteiger partial charge in [0, 0.05) is 32.8 Å². The van der Waals surface area contributed by atoms with Crippen LogP contribution in [0.1, 0.15) is 52.4 Å². The van der Waals surface area contributed by atoms with Gasteiger partial charge in [-0.25, -0.2) is 0 Å². The summed E-state index contributed by atoms with van der Waals surface area (Å²) >= 11 is 0. The van der Waals surface area contributed by atoms with Crippen LogP contribution < -0.4 is 5.32 Å². The zero-order valence-corrected chi connectivity index (χ0v) is 13.5. The molecule has 1 fully saturated rings. The minimum Gasteiger partial charge on any atom is -0.383 e. The fraction of sp³-hybridized carbons (Fsp3) is 1.00. The zero-order chi connectivity index (χ0) is 14.1. The van der Waals surface area contributed by atoms with Crippen molar-refractivity contribution in [2.75, 3.05) is 40.4 Å². The summed E-state index contributed by atoms with van der Waals surface area (Å²) in [4.78, 5) is 2.60. The lowest BCUT2D eigenvalue weighted by Crippen LogP contribution is -2.46. The Hall–Kier alpha value is -0.120. The van der Waals surface area contributed by atoms with Gasteiger partial charge in [0.2, 0.25) is 0 Å². The van der Waals surface area contributed by atoms with Crippen LogP contribution in [-0.4, -0.2) is 51.3 Å². The molecule has 0 atom stereocenters. The van der Waals surface area contributed by atoms with Crippen LogP contribution >= 0.6 is 0 Å². The van der Waals surface area contributed by atoms with Crippen LogP contribution in [0, 0.1) is 5.41 Å². The van der Waals surface area contributed by atoms with Gasteiger partial charge < -0.3 is 10.1 Å². The van der Waals surface area contributed by atoms with Gasteiger partial charge in [0.15, 0.2) is 0 Å². The van der Waals surface area contributed by atoms with E-state index in [1.807, 2.05) is 0 Å². The number of nitrogens with zero attached hydrogens (tertiary/aromatic N) is 1. The van der Waals surface area contributed by atoms with E-state index in [1.165, 1.54) is 45.1 Å². The maximum atomic E-state index is 5.27. The van der Waals surface area contributed by atoms with Crippen LogP contribution in [0.5, 0.6) is 0 Å². The van der Waals surface area contributed by atoms with E-state index >= 15 is 0 Å². The van der Waals surface area contributed by atoms with Crippen LogP contribution in [0.3, 0.4) is 0 Å². The second-order valence-electron chi connectivity index (χ2n) is 6.50. The van der Waals surface area contributed by atoms with Crippen LogP contribution in [0.25, 0.3) is 0 Å². The van der Waals surface area contributed by atoms with Crippen molar-refractivity contribution in [1.29, 1.82) is 0 Å². The van der Waals surface area contributed by atoms with Gasteiger partial charge in [0.05, 0.1) is 6.61 Å². The average Bonchev–Trinajstić information content (AvgIpc) is 2.61. The van der Waals surface area contributed by atoms with Gasteiger partial charge in [-0.2, -0.15) is 0 Å². The quantitative estimate of drug-likeness (QED) is 0.686. The second kappa shape index (κ2) is 8.93. The summed E-state index contributed by atoms with van der Waals surface area (Å²) in [5.74, 6) is 0. The lowest BCUT2D eigenvalue weighted by molar-refractivity contribution is 0.0751. The fourth-order valence-electron chi connectivity index (χ4n) is 3.40. The van der Waals surface area contributed by atoms with Crippen LogP contribution in [-0.2, 0) is 4.74 Å². The molecule has 0 aliphatic heterocycles. The highest BCUT2D eigenvalue weighted by atomic mass is 16.5. The summed E-state index contributed by atoms with van der Waals surface area (Å²) in [5, 5.41) is 3.45. The van der Waals surface area contributed by atoms with Gasteiger partial charge >= 0.3 is 0 Å². The maximum Gasteiger partial charge on any atom is 0.0589 e. The topological polar surface area (TPSA) is 24.5 Å². The summed E-state index contributed by atoms with van der Waals surface area (Å²) in [6, 6.07) is 0.604. The molecule has 0 aromatic carbocycles. The molecule has 0 unspecified atom stereocenters. The molecule has 1 aliphatic rings. The SMILES string of the molecule is CNCC1(CN(CCOC)C(C)C)CCCCCC1. The first-order valence-corrected chi connectivity index (χ1v) is 8.01. The largest absolute Gasteiger partial charge is 0.383 e. The first-order chi connectivity index (χ1) is 9.13. The van der Waals surface area contributed by atoms with E-state index in [0.29, 0.717) is 11.5 Å². The monoisotopic (exact) mass is 270 g/mol. The van der Waals surface area contributed by atoms with Crippen molar-refractivity contribution >= 4 is 0 Å². The summed E-state index contributed by atoms with van der Waals surface area (Å²) in [6.45, 7) is 8.88.